The molecule has 0 aromatic heterocycles. The molecule has 1 saturated carbocycles. The molecule has 0 atom stereocenters. The average molecular weight is 247 g/mol. The monoisotopic (exact) mass is 247 g/mol. The van der Waals surface area contributed by atoms with E-state index >= 15 is 0 Å². The van der Waals surface area contributed by atoms with Gasteiger partial charge in [-0.3, -0.25) is 0 Å². The van der Waals surface area contributed by atoms with Gasteiger partial charge in [0.05, 0.1) is 12.2 Å². The first-order valence-electron chi connectivity index (χ1n) is 7.17. The van der Waals surface area contributed by atoms with E-state index in [1.54, 1.807) is 0 Å². The maximum atomic E-state index is 6.25. The van der Waals surface area contributed by atoms with Crippen LogP contribution < -0.4 is 5.32 Å². The molecule has 0 saturated heterocycles. The fraction of sp³-hybridized carbons (Fsp3) is 0.625. The van der Waals surface area contributed by atoms with E-state index in [4.69, 9.17) is 4.74 Å². The Hall–Kier alpha value is -0.860. The summed E-state index contributed by atoms with van der Waals surface area (Å²) in [5.41, 5.74) is 1.47. The Morgan fingerprint density at radius 1 is 1.11 bits per heavy atom. The molecule has 0 radical (unpaired) electrons. The van der Waals surface area contributed by atoms with Gasteiger partial charge in [0, 0.05) is 6.54 Å². The van der Waals surface area contributed by atoms with E-state index in [1.165, 1.54) is 37.7 Å². The second-order valence-corrected chi connectivity index (χ2v) is 5.36. The highest BCUT2D eigenvalue weighted by molar-refractivity contribution is 5.14. The summed E-state index contributed by atoms with van der Waals surface area (Å²) in [6.45, 7) is 1.83. The molecular formula is C16H25NO. The largest absolute Gasteiger partial charge is 0.373 e. The van der Waals surface area contributed by atoms with Gasteiger partial charge >= 0.3 is 0 Å². The zero-order valence-corrected chi connectivity index (χ0v) is 11.5. The highest BCUT2D eigenvalue weighted by Gasteiger charge is 2.31. The number of ether oxygens (including phenoxy) is 1. The minimum Gasteiger partial charge on any atom is -0.373 e. The van der Waals surface area contributed by atoms with Gasteiger partial charge in [0.2, 0.25) is 0 Å². The Balaban J connectivity index is 1.82. The second kappa shape index (κ2) is 6.91. The molecule has 1 aliphatic rings. The Bertz CT molecular complexity index is 325. The highest BCUT2D eigenvalue weighted by Crippen LogP contribution is 2.31. The highest BCUT2D eigenvalue weighted by atomic mass is 16.5. The lowest BCUT2D eigenvalue weighted by Crippen LogP contribution is -2.44. The molecule has 1 fully saturated rings. The molecule has 1 aromatic rings. The van der Waals surface area contributed by atoms with Crippen LogP contribution in [-0.4, -0.2) is 25.8 Å². The van der Waals surface area contributed by atoms with Crippen LogP contribution in [0.15, 0.2) is 30.3 Å². The quantitative estimate of drug-likeness (QED) is 0.833. The minimum atomic E-state index is 0.0990. The molecule has 2 heteroatoms. The summed E-state index contributed by atoms with van der Waals surface area (Å²) < 4.78 is 6.25. The number of nitrogens with one attached hydrogen (secondary N) is 1. The summed E-state index contributed by atoms with van der Waals surface area (Å²) in [6, 6.07) is 10.6. The molecule has 0 bridgehead atoms. The van der Waals surface area contributed by atoms with Crippen LogP contribution in [-0.2, 0) is 11.2 Å². The van der Waals surface area contributed by atoms with E-state index in [0.717, 1.165) is 19.6 Å². The third-order valence-corrected chi connectivity index (χ3v) is 3.91. The van der Waals surface area contributed by atoms with Crippen molar-refractivity contribution in [2.24, 2.45) is 0 Å². The summed E-state index contributed by atoms with van der Waals surface area (Å²) in [5, 5.41) is 3.30. The lowest BCUT2D eigenvalue weighted by Gasteiger charge is -2.37. The molecule has 18 heavy (non-hydrogen) atoms. The number of hydrogen-bond acceptors (Lipinski definition) is 2. The van der Waals surface area contributed by atoms with Crippen molar-refractivity contribution >= 4 is 0 Å². The van der Waals surface area contributed by atoms with Gasteiger partial charge in [-0.1, -0.05) is 49.6 Å². The summed E-state index contributed by atoms with van der Waals surface area (Å²) in [4.78, 5) is 0. The first-order chi connectivity index (χ1) is 8.85. The second-order valence-electron chi connectivity index (χ2n) is 5.36. The van der Waals surface area contributed by atoms with Crippen LogP contribution >= 0.6 is 0 Å². The molecule has 2 rings (SSSR count). The van der Waals surface area contributed by atoms with E-state index in [1.807, 2.05) is 7.05 Å². The molecule has 1 aliphatic carbocycles. The Kier molecular flexibility index (Phi) is 5.21. The Morgan fingerprint density at radius 2 is 1.83 bits per heavy atom. The van der Waals surface area contributed by atoms with Crippen LogP contribution in [0.5, 0.6) is 0 Å². The van der Waals surface area contributed by atoms with Crippen molar-refractivity contribution in [2.75, 3.05) is 20.2 Å². The van der Waals surface area contributed by atoms with Crippen LogP contribution in [0.1, 0.15) is 37.7 Å². The predicted octanol–water partition coefficient (Wildman–Crippen LogP) is 3.17. The first-order valence-corrected chi connectivity index (χ1v) is 7.17. The predicted molar refractivity (Wildman–Crippen MR) is 75.8 cm³/mol. The zero-order valence-electron chi connectivity index (χ0n) is 11.5. The van der Waals surface area contributed by atoms with E-state index in [2.05, 4.69) is 35.6 Å². The lowest BCUT2D eigenvalue weighted by molar-refractivity contribution is -0.0661. The summed E-state index contributed by atoms with van der Waals surface area (Å²) in [7, 11) is 2.02. The lowest BCUT2D eigenvalue weighted by atomic mass is 9.84. The molecular weight excluding hydrogens is 222 g/mol. The topological polar surface area (TPSA) is 21.3 Å². The van der Waals surface area contributed by atoms with E-state index in [9.17, 15) is 0 Å². The zero-order chi connectivity index (χ0) is 12.7. The normalized spacial score (nSPS) is 18.7. The third-order valence-electron chi connectivity index (χ3n) is 3.91. The van der Waals surface area contributed by atoms with Gasteiger partial charge in [0.25, 0.3) is 0 Å². The van der Waals surface area contributed by atoms with Crippen molar-refractivity contribution < 1.29 is 4.74 Å². The van der Waals surface area contributed by atoms with Crippen molar-refractivity contribution in [2.45, 2.75) is 44.1 Å². The molecule has 0 spiro atoms. The Labute approximate surface area is 111 Å². The number of benzene rings is 1. The van der Waals surface area contributed by atoms with Crippen molar-refractivity contribution in [3.63, 3.8) is 0 Å². The van der Waals surface area contributed by atoms with Crippen LogP contribution in [0.4, 0.5) is 0 Å². The van der Waals surface area contributed by atoms with Crippen LogP contribution in [0, 0.1) is 0 Å². The number of hydrogen-bond donors (Lipinski definition) is 1. The van der Waals surface area contributed by atoms with Crippen LogP contribution in [0.3, 0.4) is 0 Å². The molecule has 0 aliphatic heterocycles. The molecule has 100 valence electrons. The Morgan fingerprint density at radius 3 is 2.50 bits per heavy atom. The van der Waals surface area contributed by atoms with Gasteiger partial charge in [0.1, 0.15) is 0 Å². The molecule has 1 N–H and O–H groups in total. The van der Waals surface area contributed by atoms with Crippen molar-refractivity contribution in [3.8, 4) is 0 Å². The average Bonchev–Trinajstić information content (AvgIpc) is 2.41. The van der Waals surface area contributed by atoms with Gasteiger partial charge < -0.3 is 10.1 Å². The van der Waals surface area contributed by atoms with Crippen molar-refractivity contribution in [1.82, 2.24) is 5.32 Å². The van der Waals surface area contributed by atoms with E-state index in [-0.39, 0.29) is 5.60 Å². The van der Waals surface area contributed by atoms with Gasteiger partial charge in [-0.15, -0.1) is 0 Å². The van der Waals surface area contributed by atoms with Crippen molar-refractivity contribution in [3.05, 3.63) is 35.9 Å². The SMILES string of the molecule is CNCC1(OCCc2ccccc2)CCCCC1. The van der Waals surface area contributed by atoms with Gasteiger partial charge in [-0.2, -0.15) is 0 Å². The van der Waals surface area contributed by atoms with E-state index < -0.39 is 0 Å². The van der Waals surface area contributed by atoms with Crippen LogP contribution in [0.2, 0.25) is 0 Å². The maximum Gasteiger partial charge on any atom is 0.0806 e. The number of likely N-dealkylation sites (N-methyl/N-ethyl adjacent to an activating group) is 1. The van der Waals surface area contributed by atoms with Gasteiger partial charge in [0.15, 0.2) is 0 Å². The molecule has 0 unspecified atom stereocenters. The molecule has 0 amide bonds. The maximum absolute atomic E-state index is 6.25. The van der Waals surface area contributed by atoms with Crippen molar-refractivity contribution in [1.29, 1.82) is 0 Å². The molecule has 1 aromatic carbocycles. The summed E-state index contributed by atoms with van der Waals surface area (Å²) in [6.07, 6.45) is 7.44. The van der Waals surface area contributed by atoms with Crippen LogP contribution in [0.25, 0.3) is 0 Å². The first kappa shape index (κ1) is 13.6. The summed E-state index contributed by atoms with van der Waals surface area (Å²) in [5.74, 6) is 0. The standard InChI is InChI=1S/C16H25NO/c1-17-14-16(11-6-3-7-12-16)18-13-10-15-8-4-2-5-9-15/h2,4-5,8-9,17H,3,6-7,10-14H2,1H3. The number of rotatable bonds is 6. The smallest absolute Gasteiger partial charge is 0.0806 e. The van der Waals surface area contributed by atoms with E-state index in [0.29, 0.717) is 0 Å². The summed E-state index contributed by atoms with van der Waals surface area (Å²) >= 11 is 0. The minimum absolute atomic E-state index is 0.0990. The van der Waals surface area contributed by atoms with Gasteiger partial charge in [-0.25, -0.2) is 0 Å². The van der Waals surface area contributed by atoms with Gasteiger partial charge in [-0.05, 0) is 31.9 Å². The fourth-order valence-corrected chi connectivity index (χ4v) is 2.92. The molecule has 2 nitrogen and oxygen atoms in total. The third kappa shape index (κ3) is 3.82. The fourth-order valence-electron chi connectivity index (χ4n) is 2.92. The molecule has 0 heterocycles.